The van der Waals surface area contributed by atoms with Crippen LogP contribution < -0.4 is 5.32 Å². The molecule has 1 N–H and O–H groups in total. The zero-order chi connectivity index (χ0) is 16.8. The minimum atomic E-state index is -0.221. The number of halogens is 2. The van der Waals surface area contributed by atoms with Gasteiger partial charge in [0.1, 0.15) is 5.82 Å². The minimum Gasteiger partial charge on any atom is -0.469 e. The van der Waals surface area contributed by atoms with Gasteiger partial charge in [-0.2, -0.15) is 0 Å². The third-order valence-corrected chi connectivity index (χ3v) is 4.21. The lowest BCUT2D eigenvalue weighted by Crippen LogP contribution is -2.41. The van der Waals surface area contributed by atoms with Gasteiger partial charge in [-0.3, -0.25) is 9.79 Å². The maximum absolute atomic E-state index is 13.2. The molecule has 7 heteroatoms. The first-order valence-electron chi connectivity index (χ1n) is 7.83. The van der Waals surface area contributed by atoms with Crippen molar-refractivity contribution in [2.45, 2.75) is 13.3 Å². The van der Waals surface area contributed by atoms with E-state index >= 15 is 0 Å². The van der Waals surface area contributed by atoms with Gasteiger partial charge in [0.25, 0.3) is 0 Å². The van der Waals surface area contributed by atoms with Crippen LogP contribution in [0.15, 0.2) is 29.3 Å². The zero-order valence-electron chi connectivity index (χ0n) is 14.3. The highest BCUT2D eigenvalue weighted by Gasteiger charge is 2.36. The summed E-state index contributed by atoms with van der Waals surface area (Å²) in [6, 6.07) is 6.59. The Balaban J connectivity index is 0.00000288. The minimum absolute atomic E-state index is 0. The summed E-state index contributed by atoms with van der Waals surface area (Å²) in [6.07, 6.45) is 0.709. The highest BCUT2D eigenvalue weighted by Crippen LogP contribution is 2.24. The molecule has 1 aliphatic rings. The van der Waals surface area contributed by atoms with Crippen LogP contribution >= 0.6 is 24.0 Å². The highest BCUT2D eigenvalue weighted by molar-refractivity contribution is 14.0. The topological polar surface area (TPSA) is 53.9 Å². The number of likely N-dealkylation sites (tertiary alicyclic amines) is 1. The molecule has 134 valence electrons. The van der Waals surface area contributed by atoms with Gasteiger partial charge >= 0.3 is 5.97 Å². The molecule has 1 aromatic carbocycles. The predicted molar refractivity (Wildman–Crippen MR) is 103 cm³/mol. The molecule has 0 saturated carbocycles. The van der Waals surface area contributed by atoms with E-state index in [4.69, 9.17) is 4.74 Å². The van der Waals surface area contributed by atoms with Crippen molar-refractivity contribution in [2.24, 2.45) is 16.8 Å². The first-order valence-corrected chi connectivity index (χ1v) is 7.83. The summed E-state index contributed by atoms with van der Waals surface area (Å²) in [5.41, 5.74) is 0.940. The van der Waals surface area contributed by atoms with Crippen molar-refractivity contribution in [3.05, 3.63) is 35.6 Å². The monoisotopic (exact) mass is 449 g/mol. The Hall–Kier alpha value is -1.38. The Morgan fingerprint density at radius 2 is 2.21 bits per heavy atom. The van der Waals surface area contributed by atoms with E-state index in [1.165, 1.54) is 19.2 Å². The first-order chi connectivity index (χ1) is 11.0. The van der Waals surface area contributed by atoms with Crippen molar-refractivity contribution in [2.75, 3.05) is 33.8 Å². The molecule has 5 nitrogen and oxygen atoms in total. The number of hydrogen-bond donors (Lipinski definition) is 1. The average molecular weight is 449 g/mol. The summed E-state index contributed by atoms with van der Waals surface area (Å²) in [5.74, 6) is 0.474. The molecule has 0 aromatic heterocycles. The summed E-state index contributed by atoms with van der Waals surface area (Å²) < 4.78 is 18.0. The van der Waals surface area contributed by atoms with E-state index in [9.17, 15) is 9.18 Å². The Labute approximate surface area is 159 Å². The molecule has 2 atom stereocenters. The third-order valence-electron chi connectivity index (χ3n) is 4.21. The molecular formula is C17H25FIN3O2. The quantitative estimate of drug-likeness (QED) is 0.332. The van der Waals surface area contributed by atoms with Gasteiger partial charge < -0.3 is 15.0 Å². The molecule has 2 unspecified atom stereocenters. The number of rotatable bonds is 4. The van der Waals surface area contributed by atoms with E-state index in [1.54, 1.807) is 13.1 Å². The van der Waals surface area contributed by atoms with Gasteiger partial charge in [0.05, 0.1) is 13.0 Å². The van der Waals surface area contributed by atoms with Gasteiger partial charge in [-0.05, 0) is 30.0 Å². The lowest BCUT2D eigenvalue weighted by molar-refractivity contribution is -0.145. The van der Waals surface area contributed by atoms with Crippen LogP contribution in [0.1, 0.15) is 12.5 Å². The Morgan fingerprint density at radius 1 is 1.46 bits per heavy atom. The molecule has 1 saturated heterocycles. The Kier molecular flexibility index (Phi) is 8.44. The van der Waals surface area contributed by atoms with Crippen LogP contribution in [0.25, 0.3) is 0 Å². The van der Waals surface area contributed by atoms with Crippen LogP contribution in [-0.2, 0) is 16.0 Å². The van der Waals surface area contributed by atoms with Crippen LogP contribution in [0.4, 0.5) is 4.39 Å². The number of methoxy groups -OCH3 is 1. The highest BCUT2D eigenvalue weighted by atomic mass is 127. The number of esters is 1. The fourth-order valence-electron chi connectivity index (χ4n) is 2.94. The molecule has 1 fully saturated rings. The normalized spacial score (nSPS) is 20.5. The maximum Gasteiger partial charge on any atom is 0.310 e. The summed E-state index contributed by atoms with van der Waals surface area (Å²) in [6.45, 7) is 4.07. The van der Waals surface area contributed by atoms with Crippen molar-refractivity contribution in [3.8, 4) is 0 Å². The van der Waals surface area contributed by atoms with Crippen molar-refractivity contribution < 1.29 is 13.9 Å². The maximum atomic E-state index is 13.2. The number of nitrogens with one attached hydrogen (secondary N) is 1. The van der Waals surface area contributed by atoms with Crippen LogP contribution in [0, 0.1) is 17.7 Å². The summed E-state index contributed by atoms with van der Waals surface area (Å²) >= 11 is 0. The predicted octanol–water partition coefficient (Wildman–Crippen LogP) is 2.30. The molecular weight excluding hydrogens is 424 g/mol. The van der Waals surface area contributed by atoms with E-state index < -0.39 is 0 Å². The number of guanidine groups is 1. The average Bonchev–Trinajstić information content (AvgIpc) is 2.92. The molecule has 0 radical (unpaired) electrons. The molecule has 0 aliphatic carbocycles. The first kappa shape index (κ1) is 20.7. The molecule has 24 heavy (non-hydrogen) atoms. The van der Waals surface area contributed by atoms with Crippen molar-refractivity contribution in [1.82, 2.24) is 10.2 Å². The van der Waals surface area contributed by atoms with Crippen molar-refractivity contribution in [3.63, 3.8) is 0 Å². The third kappa shape index (κ3) is 5.32. The molecule has 2 rings (SSSR count). The van der Waals surface area contributed by atoms with Crippen LogP contribution in [-0.4, -0.2) is 50.6 Å². The molecule has 1 aromatic rings. The molecule has 0 spiro atoms. The number of nitrogens with zero attached hydrogens (tertiary/aromatic N) is 2. The number of carbonyl (C=O) groups is 1. The number of aliphatic imine (C=N–C) groups is 1. The largest absolute Gasteiger partial charge is 0.469 e. The second-order valence-electron chi connectivity index (χ2n) is 5.87. The SMILES string of the molecule is CN=C(NCCc1cccc(F)c1)N1CC(C)C(C(=O)OC)C1.I. The summed E-state index contributed by atoms with van der Waals surface area (Å²) in [4.78, 5) is 18.1. The van der Waals surface area contributed by atoms with E-state index in [0.29, 0.717) is 19.5 Å². The Morgan fingerprint density at radius 3 is 2.83 bits per heavy atom. The van der Waals surface area contributed by atoms with Gasteiger partial charge in [-0.25, -0.2) is 4.39 Å². The lowest BCUT2D eigenvalue weighted by Gasteiger charge is -2.21. The number of benzene rings is 1. The van der Waals surface area contributed by atoms with E-state index in [2.05, 4.69) is 15.2 Å². The molecule has 0 bridgehead atoms. The van der Waals surface area contributed by atoms with E-state index in [1.807, 2.05) is 13.0 Å². The van der Waals surface area contributed by atoms with Gasteiger partial charge in [0.2, 0.25) is 0 Å². The summed E-state index contributed by atoms with van der Waals surface area (Å²) in [5, 5.41) is 3.28. The van der Waals surface area contributed by atoms with Crippen LogP contribution in [0.2, 0.25) is 0 Å². The second-order valence-corrected chi connectivity index (χ2v) is 5.87. The van der Waals surface area contributed by atoms with Gasteiger partial charge in [-0.1, -0.05) is 19.1 Å². The molecule has 1 heterocycles. The molecule has 1 aliphatic heterocycles. The Bertz CT molecular complexity index is 583. The van der Waals surface area contributed by atoms with E-state index in [0.717, 1.165) is 18.1 Å². The second kappa shape index (κ2) is 9.80. The number of hydrogen-bond acceptors (Lipinski definition) is 3. The summed E-state index contributed by atoms with van der Waals surface area (Å²) in [7, 11) is 3.14. The van der Waals surface area contributed by atoms with Gasteiger partial charge in [0.15, 0.2) is 5.96 Å². The van der Waals surface area contributed by atoms with Crippen LogP contribution in [0.5, 0.6) is 0 Å². The fraction of sp³-hybridized carbons (Fsp3) is 0.529. The standard InChI is InChI=1S/C17H24FN3O2.HI/c1-12-10-21(11-15(12)16(22)23-3)17(19-2)20-8-7-13-5-4-6-14(18)9-13;/h4-6,9,12,15H,7-8,10-11H2,1-3H3,(H,19,20);1H. The smallest absolute Gasteiger partial charge is 0.310 e. The van der Waals surface area contributed by atoms with Gasteiger partial charge in [0, 0.05) is 26.7 Å². The van der Waals surface area contributed by atoms with Crippen molar-refractivity contribution >= 4 is 35.9 Å². The lowest BCUT2D eigenvalue weighted by atomic mass is 9.99. The number of ether oxygens (including phenoxy) is 1. The number of carbonyl (C=O) groups excluding carboxylic acids is 1. The fourth-order valence-corrected chi connectivity index (χ4v) is 2.94. The van der Waals surface area contributed by atoms with Gasteiger partial charge in [-0.15, -0.1) is 24.0 Å². The van der Waals surface area contributed by atoms with E-state index in [-0.39, 0.29) is 47.6 Å². The van der Waals surface area contributed by atoms with Crippen molar-refractivity contribution in [1.29, 1.82) is 0 Å². The zero-order valence-corrected chi connectivity index (χ0v) is 16.6. The van der Waals surface area contributed by atoms with Crippen LogP contribution in [0.3, 0.4) is 0 Å². The molecule has 0 amide bonds.